The minimum Gasteiger partial charge on any atom is -0.342 e. The van der Waals surface area contributed by atoms with Crippen LogP contribution in [0.1, 0.15) is 36.4 Å². The minimum absolute atomic E-state index is 0.0484. The number of nitrogens with one attached hydrogen (secondary N) is 1. The number of H-pyrrole nitrogens is 1. The SMILES string of the molecule is Cn1c(=O)[nH]c(=O)c2ccc(C3CCCN(C(=O)CCc4ccc(F)cc4)C3)nc21. The number of carbonyl (C=O) groups is 1. The van der Waals surface area contributed by atoms with Gasteiger partial charge in [-0.1, -0.05) is 12.1 Å². The average molecular weight is 410 g/mol. The molecule has 1 unspecified atom stereocenters. The Morgan fingerprint density at radius 1 is 1.20 bits per heavy atom. The van der Waals surface area contributed by atoms with Gasteiger partial charge >= 0.3 is 5.69 Å². The second kappa shape index (κ2) is 8.22. The number of benzene rings is 1. The van der Waals surface area contributed by atoms with Crippen LogP contribution in [0.4, 0.5) is 4.39 Å². The molecule has 8 heteroatoms. The lowest BCUT2D eigenvalue weighted by molar-refractivity contribution is -0.132. The van der Waals surface area contributed by atoms with E-state index < -0.39 is 11.2 Å². The van der Waals surface area contributed by atoms with Crippen molar-refractivity contribution in [3.05, 3.63) is 74.3 Å². The first-order valence-electron chi connectivity index (χ1n) is 10.0. The van der Waals surface area contributed by atoms with E-state index in [1.165, 1.54) is 16.7 Å². The van der Waals surface area contributed by atoms with Crippen molar-refractivity contribution < 1.29 is 9.18 Å². The van der Waals surface area contributed by atoms with Crippen molar-refractivity contribution in [2.45, 2.75) is 31.6 Å². The van der Waals surface area contributed by atoms with Gasteiger partial charge in [-0.25, -0.2) is 14.2 Å². The van der Waals surface area contributed by atoms with Crippen LogP contribution in [-0.4, -0.2) is 38.4 Å². The number of pyridine rings is 1. The summed E-state index contributed by atoms with van der Waals surface area (Å²) in [4.78, 5) is 45.3. The van der Waals surface area contributed by atoms with E-state index in [0.29, 0.717) is 37.0 Å². The summed E-state index contributed by atoms with van der Waals surface area (Å²) in [5.41, 5.74) is 1.10. The number of aryl methyl sites for hydroxylation is 2. The van der Waals surface area contributed by atoms with Crippen molar-refractivity contribution in [3.63, 3.8) is 0 Å². The van der Waals surface area contributed by atoms with Crippen molar-refractivity contribution in [3.8, 4) is 0 Å². The third-order valence-corrected chi connectivity index (χ3v) is 5.72. The Labute approximate surface area is 172 Å². The summed E-state index contributed by atoms with van der Waals surface area (Å²) in [6.07, 6.45) is 2.69. The van der Waals surface area contributed by atoms with Crippen molar-refractivity contribution >= 4 is 16.9 Å². The zero-order valence-corrected chi connectivity index (χ0v) is 16.7. The summed E-state index contributed by atoms with van der Waals surface area (Å²) in [7, 11) is 1.57. The van der Waals surface area contributed by atoms with Crippen LogP contribution in [0.2, 0.25) is 0 Å². The smallest absolute Gasteiger partial charge is 0.329 e. The molecule has 1 N–H and O–H groups in total. The number of halogens is 1. The van der Waals surface area contributed by atoms with Gasteiger partial charge < -0.3 is 4.90 Å². The number of aromatic nitrogens is 3. The molecule has 0 saturated carbocycles. The summed E-state index contributed by atoms with van der Waals surface area (Å²) in [6.45, 7) is 1.25. The molecule has 0 bridgehead atoms. The van der Waals surface area contributed by atoms with E-state index in [1.54, 1.807) is 31.3 Å². The predicted octanol–water partition coefficient (Wildman–Crippen LogP) is 2.10. The zero-order valence-electron chi connectivity index (χ0n) is 16.7. The molecule has 3 aromatic rings. The lowest BCUT2D eigenvalue weighted by Gasteiger charge is -2.32. The van der Waals surface area contributed by atoms with Crippen LogP contribution in [0.15, 0.2) is 46.0 Å². The van der Waals surface area contributed by atoms with Crippen LogP contribution >= 0.6 is 0 Å². The largest absolute Gasteiger partial charge is 0.342 e. The number of aromatic amines is 1. The van der Waals surface area contributed by atoms with Gasteiger partial charge in [-0.3, -0.25) is 19.1 Å². The molecular weight excluding hydrogens is 387 g/mol. The molecule has 0 aliphatic carbocycles. The van der Waals surface area contributed by atoms with Crippen LogP contribution in [0.25, 0.3) is 11.0 Å². The van der Waals surface area contributed by atoms with Crippen LogP contribution in [0.5, 0.6) is 0 Å². The second-order valence-electron chi connectivity index (χ2n) is 7.73. The molecule has 0 radical (unpaired) electrons. The van der Waals surface area contributed by atoms with Gasteiger partial charge in [0.1, 0.15) is 11.5 Å². The molecule has 7 nitrogen and oxygen atoms in total. The highest BCUT2D eigenvalue weighted by Gasteiger charge is 2.26. The summed E-state index contributed by atoms with van der Waals surface area (Å²) < 4.78 is 14.4. The molecule has 1 aromatic carbocycles. The van der Waals surface area contributed by atoms with E-state index in [0.717, 1.165) is 24.1 Å². The maximum absolute atomic E-state index is 13.0. The number of likely N-dealkylation sites (tertiary alicyclic amines) is 1. The van der Waals surface area contributed by atoms with Gasteiger partial charge in [0.2, 0.25) is 5.91 Å². The molecule has 1 amide bonds. The number of piperidine rings is 1. The van der Waals surface area contributed by atoms with Gasteiger partial charge in [0.05, 0.1) is 5.39 Å². The Morgan fingerprint density at radius 2 is 1.97 bits per heavy atom. The van der Waals surface area contributed by atoms with E-state index in [2.05, 4.69) is 9.97 Å². The molecule has 1 atom stereocenters. The van der Waals surface area contributed by atoms with Gasteiger partial charge in [0.15, 0.2) is 0 Å². The second-order valence-corrected chi connectivity index (χ2v) is 7.73. The molecule has 156 valence electrons. The van der Waals surface area contributed by atoms with Gasteiger partial charge in [0.25, 0.3) is 5.56 Å². The fraction of sp³-hybridized carbons (Fsp3) is 0.364. The number of hydrogen-bond donors (Lipinski definition) is 1. The molecule has 30 heavy (non-hydrogen) atoms. The Morgan fingerprint density at radius 3 is 2.73 bits per heavy atom. The number of amides is 1. The first-order valence-corrected chi connectivity index (χ1v) is 10.0. The van der Waals surface area contributed by atoms with E-state index in [1.807, 2.05) is 4.90 Å². The Kier molecular flexibility index (Phi) is 5.48. The van der Waals surface area contributed by atoms with Crippen molar-refractivity contribution in [1.29, 1.82) is 0 Å². The Balaban J connectivity index is 1.49. The highest BCUT2D eigenvalue weighted by atomic mass is 19.1. The zero-order chi connectivity index (χ0) is 21.3. The molecule has 3 heterocycles. The summed E-state index contributed by atoms with van der Waals surface area (Å²) in [5.74, 6) is -0.174. The number of carbonyl (C=O) groups excluding carboxylic acids is 1. The fourth-order valence-corrected chi connectivity index (χ4v) is 3.97. The molecule has 1 aliphatic rings. The maximum atomic E-state index is 13.0. The molecule has 1 saturated heterocycles. The van der Waals surface area contributed by atoms with Crippen molar-refractivity contribution in [2.24, 2.45) is 7.05 Å². The standard InChI is InChI=1S/C22H23FN4O3/c1-26-20-17(21(29)25-22(26)30)9-10-18(24-20)15-3-2-12-27(13-15)19(28)11-6-14-4-7-16(23)8-5-14/h4-5,7-10,15H,2-3,6,11-13H2,1H3,(H,25,29,30). The Bertz CT molecular complexity index is 1200. The number of nitrogens with zero attached hydrogens (tertiary/aromatic N) is 3. The van der Waals surface area contributed by atoms with Gasteiger partial charge in [-0.05, 0) is 49.1 Å². The van der Waals surface area contributed by atoms with Crippen molar-refractivity contribution in [2.75, 3.05) is 13.1 Å². The van der Waals surface area contributed by atoms with Crippen LogP contribution < -0.4 is 11.2 Å². The fourth-order valence-electron chi connectivity index (χ4n) is 3.97. The van der Waals surface area contributed by atoms with Crippen LogP contribution in [0.3, 0.4) is 0 Å². The highest BCUT2D eigenvalue weighted by molar-refractivity contribution is 5.77. The van der Waals surface area contributed by atoms with Gasteiger partial charge in [-0.15, -0.1) is 0 Å². The van der Waals surface area contributed by atoms with Gasteiger partial charge in [-0.2, -0.15) is 0 Å². The minimum atomic E-state index is -0.501. The maximum Gasteiger partial charge on any atom is 0.329 e. The monoisotopic (exact) mass is 410 g/mol. The summed E-state index contributed by atoms with van der Waals surface area (Å²) >= 11 is 0. The number of hydrogen-bond acceptors (Lipinski definition) is 4. The van der Waals surface area contributed by atoms with Crippen molar-refractivity contribution in [1.82, 2.24) is 19.4 Å². The molecular formula is C22H23FN4O3. The highest BCUT2D eigenvalue weighted by Crippen LogP contribution is 2.27. The average Bonchev–Trinajstić information content (AvgIpc) is 2.76. The quantitative estimate of drug-likeness (QED) is 0.714. The predicted molar refractivity (Wildman–Crippen MR) is 111 cm³/mol. The van der Waals surface area contributed by atoms with E-state index in [9.17, 15) is 18.8 Å². The third-order valence-electron chi connectivity index (χ3n) is 5.72. The van der Waals surface area contributed by atoms with E-state index in [4.69, 9.17) is 0 Å². The molecule has 1 fully saturated rings. The molecule has 0 spiro atoms. The normalized spacial score (nSPS) is 16.7. The summed E-state index contributed by atoms with van der Waals surface area (Å²) in [5, 5.41) is 0.365. The molecule has 1 aliphatic heterocycles. The van der Waals surface area contributed by atoms with E-state index >= 15 is 0 Å². The van der Waals surface area contributed by atoms with E-state index in [-0.39, 0.29) is 17.6 Å². The van der Waals surface area contributed by atoms with Gasteiger partial charge in [0, 0.05) is 38.2 Å². The third kappa shape index (κ3) is 4.03. The molecule has 4 rings (SSSR count). The lowest BCUT2D eigenvalue weighted by Crippen LogP contribution is -2.39. The number of rotatable bonds is 4. The number of fused-ring (bicyclic) bond motifs is 1. The summed E-state index contributed by atoms with van der Waals surface area (Å²) in [6, 6.07) is 9.70. The van der Waals surface area contributed by atoms with Crippen LogP contribution in [0, 0.1) is 5.82 Å². The Hall–Kier alpha value is -3.29. The topological polar surface area (TPSA) is 88.1 Å². The lowest BCUT2D eigenvalue weighted by atomic mass is 9.93. The van der Waals surface area contributed by atoms with Crippen LogP contribution in [-0.2, 0) is 18.3 Å². The first kappa shape index (κ1) is 20.0. The first-order chi connectivity index (χ1) is 14.4. The molecule has 2 aromatic heterocycles.